The predicted octanol–water partition coefficient (Wildman–Crippen LogP) is 3.67. The molecule has 5 nitrogen and oxygen atoms in total. The maximum atomic E-state index is 12.9. The van der Waals surface area contributed by atoms with Crippen molar-refractivity contribution >= 4 is 16.8 Å². The van der Waals surface area contributed by atoms with Crippen molar-refractivity contribution in [1.82, 2.24) is 14.8 Å². The number of piperidine rings is 1. The Morgan fingerprint density at radius 1 is 1.18 bits per heavy atom. The number of hydrogen-bond donors (Lipinski definition) is 1. The van der Waals surface area contributed by atoms with Gasteiger partial charge in [-0.1, -0.05) is 12.8 Å². The lowest BCUT2D eigenvalue weighted by molar-refractivity contribution is -0.138. The van der Waals surface area contributed by atoms with E-state index >= 15 is 0 Å². The highest BCUT2D eigenvalue weighted by Gasteiger charge is 2.46. The van der Waals surface area contributed by atoms with Gasteiger partial charge in [0, 0.05) is 42.1 Å². The zero-order chi connectivity index (χ0) is 19.3. The summed E-state index contributed by atoms with van der Waals surface area (Å²) in [7, 11) is 3.98. The van der Waals surface area contributed by atoms with Gasteiger partial charge in [-0.3, -0.25) is 9.69 Å². The first-order chi connectivity index (χ1) is 13.6. The number of nitrogens with zero attached hydrogens (tertiary/aromatic N) is 2. The number of likely N-dealkylation sites (tertiary alicyclic amines) is 1. The van der Waals surface area contributed by atoms with Gasteiger partial charge in [0.05, 0.1) is 12.6 Å². The summed E-state index contributed by atoms with van der Waals surface area (Å²) in [5.74, 6) is 1.61. The Hall–Kier alpha value is -2.01. The summed E-state index contributed by atoms with van der Waals surface area (Å²) in [6, 6.07) is 6.34. The van der Waals surface area contributed by atoms with Gasteiger partial charge in [-0.25, -0.2) is 0 Å². The van der Waals surface area contributed by atoms with E-state index in [1.54, 1.807) is 7.11 Å². The molecule has 1 aromatic carbocycles. The Morgan fingerprint density at radius 3 is 2.64 bits per heavy atom. The van der Waals surface area contributed by atoms with E-state index in [1.807, 2.05) is 6.07 Å². The number of ether oxygens (including phenoxy) is 1. The molecule has 0 bridgehead atoms. The lowest BCUT2D eigenvalue weighted by Gasteiger charge is -2.50. The van der Waals surface area contributed by atoms with Gasteiger partial charge in [-0.05, 0) is 62.9 Å². The van der Waals surface area contributed by atoms with E-state index in [0.717, 1.165) is 57.5 Å². The van der Waals surface area contributed by atoms with Crippen LogP contribution in [0, 0.1) is 5.92 Å². The van der Waals surface area contributed by atoms with E-state index < -0.39 is 0 Å². The van der Waals surface area contributed by atoms with Crippen LogP contribution in [-0.2, 0) is 16.8 Å². The molecule has 2 aromatic rings. The lowest BCUT2D eigenvalue weighted by Crippen LogP contribution is -2.56. The highest BCUT2D eigenvalue weighted by molar-refractivity contribution is 5.87. The first-order valence-corrected chi connectivity index (χ1v) is 10.8. The number of likely N-dealkylation sites (N-methyl/N-ethyl adjacent to an activating group) is 1. The third-order valence-electron chi connectivity index (χ3n) is 7.61. The number of benzene rings is 1. The van der Waals surface area contributed by atoms with Crippen LogP contribution in [0.1, 0.15) is 49.8 Å². The molecular formula is C23H31N3O2. The minimum atomic E-state index is 0.0201. The molecule has 1 aromatic heterocycles. The van der Waals surface area contributed by atoms with Crippen molar-refractivity contribution in [1.29, 1.82) is 0 Å². The molecule has 2 aliphatic heterocycles. The third-order valence-corrected chi connectivity index (χ3v) is 7.61. The molecule has 1 N–H and O–H groups in total. The summed E-state index contributed by atoms with van der Waals surface area (Å²) in [5, 5.41) is 1.30. The van der Waals surface area contributed by atoms with Crippen LogP contribution < -0.4 is 4.74 Å². The molecule has 1 saturated carbocycles. The molecule has 1 aliphatic carbocycles. The van der Waals surface area contributed by atoms with E-state index in [9.17, 15) is 4.79 Å². The van der Waals surface area contributed by atoms with Crippen molar-refractivity contribution in [2.45, 2.75) is 50.5 Å². The lowest BCUT2D eigenvalue weighted by atomic mass is 9.77. The van der Waals surface area contributed by atoms with E-state index in [4.69, 9.17) is 4.74 Å². The third kappa shape index (κ3) is 2.66. The van der Waals surface area contributed by atoms with E-state index in [1.165, 1.54) is 35.0 Å². The Kier molecular flexibility index (Phi) is 4.38. The van der Waals surface area contributed by atoms with Crippen molar-refractivity contribution in [3.05, 3.63) is 29.5 Å². The van der Waals surface area contributed by atoms with Crippen molar-refractivity contribution in [3.63, 3.8) is 0 Å². The van der Waals surface area contributed by atoms with Crippen molar-refractivity contribution in [3.8, 4) is 5.75 Å². The molecule has 0 unspecified atom stereocenters. The number of methoxy groups -OCH3 is 1. The number of carbonyl (C=O) groups excluding carboxylic acids is 1. The zero-order valence-corrected chi connectivity index (χ0v) is 17.1. The molecule has 5 rings (SSSR count). The Labute approximate surface area is 167 Å². The molecule has 5 heteroatoms. The first-order valence-electron chi connectivity index (χ1n) is 10.8. The maximum absolute atomic E-state index is 12.9. The van der Waals surface area contributed by atoms with Crippen LogP contribution >= 0.6 is 0 Å². The molecule has 0 radical (unpaired) electrons. The second-order valence-corrected chi connectivity index (χ2v) is 8.90. The van der Waals surface area contributed by atoms with Crippen LogP contribution in [0.5, 0.6) is 5.75 Å². The highest BCUT2D eigenvalue weighted by atomic mass is 16.5. The second kappa shape index (κ2) is 6.80. The predicted molar refractivity (Wildman–Crippen MR) is 111 cm³/mol. The number of carbonyl (C=O) groups is 1. The highest BCUT2D eigenvalue weighted by Crippen LogP contribution is 2.45. The molecule has 150 valence electrons. The zero-order valence-electron chi connectivity index (χ0n) is 17.1. The van der Waals surface area contributed by atoms with Gasteiger partial charge in [0.2, 0.25) is 5.91 Å². The number of amides is 1. The average molecular weight is 382 g/mol. The van der Waals surface area contributed by atoms with Crippen molar-refractivity contribution in [2.75, 3.05) is 33.8 Å². The summed E-state index contributed by atoms with van der Waals surface area (Å²) in [4.78, 5) is 21.3. The topological polar surface area (TPSA) is 48.6 Å². The fourth-order valence-corrected chi connectivity index (χ4v) is 5.85. The Bertz CT molecular complexity index is 889. The van der Waals surface area contributed by atoms with Crippen LogP contribution in [-0.4, -0.2) is 54.5 Å². The molecular weight excluding hydrogens is 350 g/mol. The molecule has 1 spiro atoms. The van der Waals surface area contributed by atoms with Crippen molar-refractivity contribution < 1.29 is 9.53 Å². The number of nitrogens with one attached hydrogen (secondary N) is 1. The fraction of sp³-hybridized carbons (Fsp3) is 0.609. The molecule has 2 fully saturated rings. The van der Waals surface area contributed by atoms with Gasteiger partial charge in [0.25, 0.3) is 0 Å². The number of H-pyrrole nitrogens is 1. The SMILES string of the molecule is COc1ccc2[nH]c3c(c2c1)CCN(C)C31CCN(C(=O)C2CCCC2)CC1. The molecule has 1 saturated heterocycles. The van der Waals surface area contributed by atoms with Crippen LogP contribution in [0.2, 0.25) is 0 Å². The minimum Gasteiger partial charge on any atom is -0.497 e. The fourth-order valence-electron chi connectivity index (χ4n) is 5.85. The van der Waals surface area contributed by atoms with Crippen LogP contribution in [0.3, 0.4) is 0 Å². The van der Waals surface area contributed by atoms with E-state index in [2.05, 4.69) is 34.0 Å². The number of rotatable bonds is 2. The van der Waals surface area contributed by atoms with E-state index in [-0.39, 0.29) is 11.5 Å². The van der Waals surface area contributed by atoms with Gasteiger partial charge >= 0.3 is 0 Å². The number of hydrogen-bond acceptors (Lipinski definition) is 3. The molecule has 3 heterocycles. The summed E-state index contributed by atoms with van der Waals surface area (Å²) in [6.45, 7) is 2.81. The van der Waals surface area contributed by atoms with Gasteiger partial charge in [0.1, 0.15) is 5.75 Å². The summed E-state index contributed by atoms with van der Waals surface area (Å²) in [6.07, 6.45) is 7.71. The smallest absolute Gasteiger partial charge is 0.225 e. The monoisotopic (exact) mass is 381 g/mol. The normalized spacial score (nSPS) is 22.7. The van der Waals surface area contributed by atoms with Gasteiger partial charge in [-0.2, -0.15) is 0 Å². The van der Waals surface area contributed by atoms with E-state index in [0.29, 0.717) is 5.91 Å². The van der Waals surface area contributed by atoms with Crippen molar-refractivity contribution in [2.24, 2.45) is 5.92 Å². The first kappa shape index (κ1) is 18.0. The number of fused-ring (bicyclic) bond motifs is 4. The van der Waals surface area contributed by atoms with Crippen LogP contribution in [0.15, 0.2) is 18.2 Å². The summed E-state index contributed by atoms with van der Waals surface area (Å²) < 4.78 is 5.46. The van der Waals surface area contributed by atoms with Gasteiger partial charge < -0.3 is 14.6 Å². The molecule has 1 amide bonds. The summed E-state index contributed by atoms with van der Waals surface area (Å²) in [5.41, 5.74) is 4.04. The second-order valence-electron chi connectivity index (χ2n) is 8.90. The van der Waals surface area contributed by atoms with Gasteiger partial charge in [0.15, 0.2) is 0 Å². The molecule has 0 atom stereocenters. The average Bonchev–Trinajstić information content (AvgIpc) is 3.39. The Morgan fingerprint density at radius 2 is 1.93 bits per heavy atom. The minimum absolute atomic E-state index is 0.0201. The molecule has 3 aliphatic rings. The summed E-state index contributed by atoms with van der Waals surface area (Å²) >= 11 is 0. The Balaban J connectivity index is 1.45. The largest absolute Gasteiger partial charge is 0.497 e. The maximum Gasteiger partial charge on any atom is 0.225 e. The quantitative estimate of drug-likeness (QED) is 0.863. The van der Waals surface area contributed by atoms with Crippen LogP contribution in [0.25, 0.3) is 10.9 Å². The number of aromatic amines is 1. The van der Waals surface area contributed by atoms with Gasteiger partial charge in [-0.15, -0.1) is 0 Å². The number of aromatic nitrogens is 1. The molecule has 28 heavy (non-hydrogen) atoms. The van der Waals surface area contributed by atoms with Crippen LogP contribution in [0.4, 0.5) is 0 Å². The standard InChI is InChI=1S/C23H31N3O2/c1-25-12-9-18-19-15-17(28-2)7-8-20(19)24-21(18)23(25)10-13-26(14-11-23)22(27)16-5-3-4-6-16/h7-8,15-16,24H,3-6,9-14H2,1-2H3.